The molecule has 0 N–H and O–H groups in total. The predicted octanol–water partition coefficient (Wildman–Crippen LogP) is 3.39. The summed E-state index contributed by atoms with van der Waals surface area (Å²) in [6, 6.07) is 1.53. The Balaban J connectivity index is 2.97. The highest BCUT2D eigenvalue weighted by molar-refractivity contribution is 7.47. The smallest absolute Gasteiger partial charge is 0.189 e. The van der Waals surface area contributed by atoms with Crippen molar-refractivity contribution in [3.63, 3.8) is 0 Å². The van der Waals surface area contributed by atoms with E-state index in [1.165, 1.54) is 0 Å². The molecule has 3 radical (unpaired) electrons. The van der Waals surface area contributed by atoms with Crippen molar-refractivity contribution in [3.05, 3.63) is 0 Å². The fourth-order valence-electron chi connectivity index (χ4n) is 3.64. The summed E-state index contributed by atoms with van der Waals surface area (Å²) in [5.74, 6) is 0. The molecule has 1 aliphatic rings. The SMILES string of the molecule is [B][B]C1CC(OC)C(COP(N(C(C)C)C(C)C)N(C(C)C)C(C)C)O1. The summed E-state index contributed by atoms with van der Waals surface area (Å²) in [6.45, 7) is 18.4. The van der Waals surface area contributed by atoms with Crippen LogP contribution in [0.5, 0.6) is 0 Å². The first kappa shape index (κ1) is 24.4. The molecule has 0 aromatic carbocycles. The molecule has 149 valence electrons. The van der Waals surface area contributed by atoms with Crippen molar-refractivity contribution in [2.24, 2.45) is 0 Å². The van der Waals surface area contributed by atoms with E-state index in [0.29, 0.717) is 30.8 Å². The summed E-state index contributed by atoms with van der Waals surface area (Å²) in [7, 11) is 8.09. The lowest BCUT2D eigenvalue weighted by Gasteiger charge is -2.46. The van der Waals surface area contributed by atoms with Crippen molar-refractivity contribution >= 4 is 23.4 Å². The van der Waals surface area contributed by atoms with Crippen LogP contribution >= 0.6 is 8.45 Å². The van der Waals surface area contributed by atoms with E-state index < -0.39 is 8.45 Å². The number of methoxy groups -OCH3 is 1. The third kappa shape index (κ3) is 6.46. The third-order valence-electron chi connectivity index (χ3n) is 4.61. The highest BCUT2D eigenvalue weighted by Gasteiger charge is 2.38. The maximum Gasteiger partial charge on any atom is 0.189 e. The summed E-state index contributed by atoms with van der Waals surface area (Å²) >= 11 is 0. The van der Waals surface area contributed by atoms with Crippen LogP contribution < -0.4 is 0 Å². The Labute approximate surface area is 165 Å². The van der Waals surface area contributed by atoms with E-state index in [1.54, 1.807) is 14.3 Å². The van der Waals surface area contributed by atoms with Crippen LogP contribution in [-0.4, -0.2) is 80.3 Å². The maximum atomic E-state index is 6.58. The molecule has 0 saturated carbocycles. The molecule has 1 heterocycles. The average Bonchev–Trinajstić information content (AvgIpc) is 2.93. The van der Waals surface area contributed by atoms with Crippen LogP contribution in [-0.2, 0) is 14.0 Å². The van der Waals surface area contributed by atoms with E-state index in [0.717, 1.165) is 6.42 Å². The summed E-state index contributed by atoms with van der Waals surface area (Å²) in [5.41, 5.74) is 0. The lowest BCUT2D eigenvalue weighted by molar-refractivity contribution is -0.0170. The molecule has 0 amide bonds. The van der Waals surface area contributed by atoms with Crippen LogP contribution in [0.3, 0.4) is 0 Å². The second kappa shape index (κ2) is 11.4. The molecule has 1 rings (SSSR count). The molecule has 0 aliphatic carbocycles. The van der Waals surface area contributed by atoms with Crippen molar-refractivity contribution in [2.75, 3.05) is 13.7 Å². The second-order valence-electron chi connectivity index (χ2n) is 8.10. The van der Waals surface area contributed by atoms with E-state index >= 15 is 0 Å². The van der Waals surface area contributed by atoms with E-state index in [4.69, 9.17) is 21.7 Å². The Bertz CT molecular complexity index is 367. The largest absolute Gasteiger partial charge is 0.380 e. The lowest BCUT2D eigenvalue weighted by atomic mass is 9.51. The van der Waals surface area contributed by atoms with Gasteiger partial charge in [0, 0.05) is 45.0 Å². The quantitative estimate of drug-likeness (QED) is 0.404. The lowest BCUT2D eigenvalue weighted by Crippen LogP contribution is -2.44. The monoisotopic (exact) mass is 383 g/mol. The van der Waals surface area contributed by atoms with Gasteiger partial charge in [0.15, 0.2) is 8.45 Å². The summed E-state index contributed by atoms with van der Waals surface area (Å²) in [6.07, 6.45) is 0.724. The Kier molecular flexibility index (Phi) is 10.7. The van der Waals surface area contributed by atoms with Crippen LogP contribution in [0, 0.1) is 0 Å². The van der Waals surface area contributed by atoms with Gasteiger partial charge in [-0.15, -0.1) is 0 Å². The van der Waals surface area contributed by atoms with Crippen LogP contribution in [0.1, 0.15) is 61.8 Å². The second-order valence-corrected chi connectivity index (χ2v) is 9.79. The first-order chi connectivity index (χ1) is 12.1. The summed E-state index contributed by atoms with van der Waals surface area (Å²) < 4.78 is 23.2. The van der Waals surface area contributed by atoms with E-state index in [-0.39, 0.29) is 18.2 Å². The van der Waals surface area contributed by atoms with Gasteiger partial charge in [-0.3, -0.25) is 0 Å². The van der Waals surface area contributed by atoms with Gasteiger partial charge in [-0.1, -0.05) is 0 Å². The van der Waals surface area contributed by atoms with Gasteiger partial charge in [0.25, 0.3) is 0 Å². The molecule has 5 nitrogen and oxygen atoms in total. The van der Waals surface area contributed by atoms with Gasteiger partial charge in [-0.2, -0.15) is 0 Å². The molecule has 1 saturated heterocycles. The van der Waals surface area contributed by atoms with Gasteiger partial charge < -0.3 is 14.0 Å². The highest BCUT2D eigenvalue weighted by Crippen LogP contribution is 2.51. The van der Waals surface area contributed by atoms with Crippen LogP contribution in [0.2, 0.25) is 0 Å². The minimum atomic E-state index is -0.914. The summed E-state index contributed by atoms with van der Waals surface area (Å²) in [4.78, 5) is 0. The number of hydrogen-bond donors (Lipinski definition) is 0. The molecule has 8 heteroatoms. The van der Waals surface area contributed by atoms with E-state index in [2.05, 4.69) is 64.7 Å². The van der Waals surface area contributed by atoms with Crippen molar-refractivity contribution in [2.45, 2.75) is 104 Å². The fourth-order valence-corrected chi connectivity index (χ4v) is 6.01. The molecule has 0 spiro atoms. The van der Waals surface area contributed by atoms with Gasteiger partial charge in [0.1, 0.15) is 6.10 Å². The fraction of sp³-hybridized carbons (Fsp3) is 1.00. The molecule has 1 aliphatic heterocycles. The number of nitrogens with zero attached hydrogens (tertiary/aromatic N) is 2. The first-order valence-corrected chi connectivity index (χ1v) is 11.0. The molecule has 1 fully saturated rings. The zero-order valence-electron chi connectivity index (χ0n) is 18.2. The van der Waals surface area contributed by atoms with Crippen molar-refractivity contribution in [3.8, 4) is 0 Å². The molecular formula is C18H38B2N2O3P. The van der Waals surface area contributed by atoms with Gasteiger partial charge in [0.2, 0.25) is 0 Å². The van der Waals surface area contributed by atoms with Crippen LogP contribution in [0.4, 0.5) is 0 Å². The zero-order chi connectivity index (χ0) is 20.0. The van der Waals surface area contributed by atoms with Crippen molar-refractivity contribution in [1.29, 1.82) is 0 Å². The zero-order valence-corrected chi connectivity index (χ0v) is 19.1. The Hall–Kier alpha value is 0.360. The van der Waals surface area contributed by atoms with Crippen LogP contribution in [0.25, 0.3) is 0 Å². The average molecular weight is 383 g/mol. The third-order valence-corrected chi connectivity index (χ3v) is 7.63. The van der Waals surface area contributed by atoms with Gasteiger partial charge in [-0.25, -0.2) is 9.34 Å². The highest BCUT2D eigenvalue weighted by atomic mass is 31.2. The topological polar surface area (TPSA) is 34.2 Å². The number of rotatable bonds is 11. The Morgan fingerprint density at radius 3 is 1.81 bits per heavy atom. The maximum absolute atomic E-state index is 6.58. The predicted molar refractivity (Wildman–Crippen MR) is 113 cm³/mol. The summed E-state index contributed by atoms with van der Waals surface area (Å²) in [5, 5.41) is 0. The Morgan fingerprint density at radius 1 is 1.00 bits per heavy atom. The minimum Gasteiger partial charge on any atom is -0.380 e. The van der Waals surface area contributed by atoms with E-state index in [9.17, 15) is 0 Å². The number of ether oxygens (including phenoxy) is 2. The van der Waals surface area contributed by atoms with Crippen molar-refractivity contribution in [1.82, 2.24) is 9.34 Å². The molecule has 3 unspecified atom stereocenters. The van der Waals surface area contributed by atoms with Crippen molar-refractivity contribution < 1.29 is 14.0 Å². The Morgan fingerprint density at radius 2 is 1.46 bits per heavy atom. The van der Waals surface area contributed by atoms with E-state index in [1.807, 2.05) is 0 Å². The normalized spacial score (nSPS) is 24.4. The molecule has 0 bridgehead atoms. The standard InChI is InChI=1S/C18H38B2N2O3P/c1-12(2)21(13(3)4)26(22(14(5)6)15(7)8)24-11-17-16(23-9)10-18(20-19)25-17/h12-18H,10-11H2,1-9H3. The molecule has 3 atom stereocenters. The van der Waals surface area contributed by atoms with Gasteiger partial charge in [-0.05, 0) is 61.8 Å². The molecule has 0 aromatic heterocycles. The number of hydrogen-bond acceptors (Lipinski definition) is 5. The molecule has 26 heavy (non-hydrogen) atoms. The minimum absolute atomic E-state index is 0.0229. The molecular weight excluding hydrogens is 345 g/mol. The van der Waals surface area contributed by atoms with Gasteiger partial charge in [0.05, 0.1) is 19.9 Å². The first-order valence-electron chi connectivity index (χ1n) is 9.86. The van der Waals surface area contributed by atoms with Gasteiger partial charge >= 0.3 is 0 Å². The molecule has 0 aromatic rings. The van der Waals surface area contributed by atoms with Crippen LogP contribution in [0.15, 0.2) is 0 Å².